The van der Waals surface area contributed by atoms with Crippen molar-refractivity contribution in [1.82, 2.24) is 4.98 Å². The summed E-state index contributed by atoms with van der Waals surface area (Å²) in [5.74, 6) is 2.14. The monoisotopic (exact) mass is 273 g/mol. The third-order valence-electron chi connectivity index (χ3n) is 3.51. The van der Waals surface area contributed by atoms with Gasteiger partial charge in [-0.25, -0.2) is 4.98 Å². The van der Waals surface area contributed by atoms with Gasteiger partial charge in [-0.05, 0) is 18.8 Å². The molecule has 0 bridgehead atoms. The van der Waals surface area contributed by atoms with Crippen molar-refractivity contribution in [3.05, 3.63) is 9.88 Å². The van der Waals surface area contributed by atoms with Gasteiger partial charge >= 0.3 is 0 Å². The number of aromatic nitrogens is 1. The van der Waals surface area contributed by atoms with Crippen LogP contribution in [0.2, 0.25) is 0 Å². The number of halogens is 1. The van der Waals surface area contributed by atoms with E-state index in [4.69, 9.17) is 16.3 Å². The van der Waals surface area contributed by atoms with Gasteiger partial charge in [0.05, 0.1) is 22.9 Å². The van der Waals surface area contributed by atoms with Gasteiger partial charge in [-0.3, -0.25) is 0 Å². The molecule has 1 aliphatic rings. The zero-order chi connectivity index (χ0) is 12.1. The van der Waals surface area contributed by atoms with Gasteiger partial charge < -0.3 is 4.74 Å². The molecule has 0 unspecified atom stereocenters. The van der Waals surface area contributed by atoms with Crippen LogP contribution in [0.5, 0.6) is 5.88 Å². The predicted molar refractivity (Wildman–Crippen MR) is 73.1 cm³/mol. The first-order valence-corrected chi connectivity index (χ1v) is 7.77. The molecule has 4 heteroatoms. The van der Waals surface area contributed by atoms with Crippen LogP contribution < -0.4 is 4.74 Å². The van der Waals surface area contributed by atoms with Crippen molar-refractivity contribution in [2.75, 3.05) is 7.11 Å². The molecular weight excluding hydrogens is 254 g/mol. The molecule has 0 aliphatic heterocycles. The van der Waals surface area contributed by atoms with Gasteiger partial charge in [0.15, 0.2) is 0 Å². The van der Waals surface area contributed by atoms with Gasteiger partial charge in [-0.1, -0.05) is 32.1 Å². The number of rotatable bonds is 5. The molecule has 0 saturated heterocycles. The largest absolute Gasteiger partial charge is 0.480 e. The van der Waals surface area contributed by atoms with Crippen LogP contribution in [-0.2, 0) is 12.3 Å². The molecule has 2 rings (SSSR count). The van der Waals surface area contributed by atoms with E-state index in [-0.39, 0.29) is 0 Å². The smallest absolute Gasteiger partial charge is 0.228 e. The first-order chi connectivity index (χ1) is 8.33. The number of hydrogen-bond acceptors (Lipinski definition) is 3. The molecule has 96 valence electrons. The minimum atomic E-state index is 0.504. The van der Waals surface area contributed by atoms with Gasteiger partial charge in [0, 0.05) is 0 Å². The first kappa shape index (κ1) is 13.2. The second kappa shape index (κ2) is 6.60. The van der Waals surface area contributed by atoms with E-state index >= 15 is 0 Å². The van der Waals surface area contributed by atoms with Crippen LogP contribution in [0.15, 0.2) is 0 Å². The maximum absolute atomic E-state index is 5.86. The molecule has 0 atom stereocenters. The van der Waals surface area contributed by atoms with Crippen LogP contribution in [0.4, 0.5) is 0 Å². The lowest BCUT2D eigenvalue weighted by Crippen LogP contribution is -2.07. The van der Waals surface area contributed by atoms with Crippen molar-refractivity contribution in [3.63, 3.8) is 0 Å². The maximum atomic E-state index is 5.86. The summed E-state index contributed by atoms with van der Waals surface area (Å²) in [5, 5.41) is 1.18. The minimum absolute atomic E-state index is 0.504. The fourth-order valence-corrected chi connectivity index (χ4v) is 3.72. The Balaban J connectivity index is 1.87. The summed E-state index contributed by atoms with van der Waals surface area (Å²) in [7, 11) is 1.66. The lowest BCUT2D eigenvalue weighted by atomic mass is 9.86. The van der Waals surface area contributed by atoms with Crippen molar-refractivity contribution in [3.8, 4) is 5.88 Å². The Labute approximate surface area is 112 Å². The lowest BCUT2D eigenvalue weighted by molar-refractivity contribution is 0.338. The molecule has 1 aromatic heterocycles. The molecule has 1 heterocycles. The summed E-state index contributed by atoms with van der Waals surface area (Å²) < 4.78 is 5.22. The Morgan fingerprint density at radius 1 is 1.35 bits per heavy atom. The van der Waals surface area contributed by atoms with E-state index < -0.39 is 0 Å². The summed E-state index contributed by atoms with van der Waals surface area (Å²) >= 11 is 7.57. The Morgan fingerprint density at radius 3 is 2.71 bits per heavy atom. The molecule has 17 heavy (non-hydrogen) atoms. The summed E-state index contributed by atoms with van der Waals surface area (Å²) in [6.45, 7) is 0. The fourth-order valence-electron chi connectivity index (χ4n) is 2.54. The number of nitrogens with zero attached hydrogens (tertiary/aromatic N) is 1. The van der Waals surface area contributed by atoms with Crippen molar-refractivity contribution >= 4 is 22.9 Å². The maximum Gasteiger partial charge on any atom is 0.228 e. The molecular formula is C13H20ClNOS. The van der Waals surface area contributed by atoms with Crippen LogP contribution in [0.25, 0.3) is 0 Å². The Kier molecular flexibility index (Phi) is 5.11. The third kappa shape index (κ3) is 3.59. The minimum Gasteiger partial charge on any atom is -0.480 e. The van der Waals surface area contributed by atoms with Crippen molar-refractivity contribution in [1.29, 1.82) is 0 Å². The standard InChI is InChI=1S/C13H20ClNOS/c1-16-13-11(9-14)17-12(15-13)8-7-10-5-3-2-4-6-10/h10H,2-9H2,1H3. The molecule has 0 N–H and O–H groups in total. The number of methoxy groups -OCH3 is 1. The van der Waals surface area contributed by atoms with Crippen LogP contribution in [0, 0.1) is 5.92 Å². The number of ether oxygens (including phenoxy) is 1. The number of hydrogen-bond donors (Lipinski definition) is 0. The van der Waals surface area contributed by atoms with Gasteiger partial charge in [0.25, 0.3) is 0 Å². The SMILES string of the molecule is COc1nc(CCC2CCCCC2)sc1CCl. The molecule has 0 amide bonds. The number of thiazole rings is 1. The van der Waals surface area contributed by atoms with Crippen LogP contribution in [-0.4, -0.2) is 12.1 Å². The molecule has 1 saturated carbocycles. The lowest BCUT2D eigenvalue weighted by Gasteiger charge is -2.20. The molecule has 0 aromatic carbocycles. The van der Waals surface area contributed by atoms with Gasteiger partial charge in [0.1, 0.15) is 0 Å². The Hall–Kier alpha value is -0.280. The first-order valence-electron chi connectivity index (χ1n) is 6.42. The Morgan fingerprint density at radius 2 is 2.12 bits per heavy atom. The topological polar surface area (TPSA) is 22.1 Å². The van der Waals surface area contributed by atoms with Crippen molar-refractivity contribution < 1.29 is 4.74 Å². The summed E-state index contributed by atoms with van der Waals surface area (Å²) in [6, 6.07) is 0. The Bertz CT molecular complexity index is 326. The zero-order valence-corrected chi connectivity index (χ0v) is 11.9. The van der Waals surface area contributed by atoms with E-state index in [0.29, 0.717) is 5.88 Å². The van der Waals surface area contributed by atoms with E-state index in [2.05, 4.69) is 4.98 Å². The summed E-state index contributed by atoms with van der Waals surface area (Å²) in [5.41, 5.74) is 0. The average Bonchev–Trinajstić information content (AvgIpc) is 2.80. The van der Waals surface area contributed by atoms with E-state index in [0.717, 1.165) is 23.1 Å². The highest BCUT2D eigenvalue weighted by Gasteiger charge is 2.15. The average molecular weight is 274 g/mol. The van der Waals surface area contributed by atoms with Crippen molar-refractivity contribution in [2.45, 2.75) is 50.8 Å². The van der Waals surface area contributed by atoms with Crippen LogP contribution >= 0.6 is 22.9 Å². The fraction of sp³-hybridized carbons (Fsp3) is 0.769. The van der Waals surface area contributed by atoms with E-state index in [1.807, 2.05) is 0 Å². The molecule has 1 fully saturated rings. The normalized spacial score (nSPS) is 17.3. The summed E-state index contributed by atoms with van der Waals surface area (Å²) in [6.07, 6.45) is 9.44. The second-order valence-electron chi connectivity index (χ2n) is 4.72. The van der Waals surface area contributed by atoms with Gasteiger partial charge in [0.2, 0.25) is 5.88 Å². The number of aryl methyl sites for hydroxylation is 1. The highest BCUT2D eigenvalue weighted by atomic mass is 35.5. The highest BCUT2D eigenvalue weighted by Crippen LogP contribution is 2.31. The van der Waals surface area contributed by atoms with Crippen molar-refractivity contribution in [2.24, 2.45) is 5.92 Å². The van der Waals surface area contributed by atoms with Crippen LogP contribution in [0.1, 0.15) is 48.4 Å². The third-order valence-corrected chi connectivity index (χ3v) is 5.03. The van der Waals surface area contributed by atoms with Gasteiger partial charge in [-0.15, -0.1) is 22.9 Å². The van der Waals surface area contributed by atoms with E-state index in [9.17, 15) is 0 Å². The predicted octanol–water partition coefficient (Wildman–Crippen LogP) is 4.40. The summed E-state index contributed by atoms with van der Waals surface area (Å²) in [4.78, 5) is 5.56. The van der Waals surface area contributed by atoms with E-state index in [1.165, 1.54) is 43.5 Å². The quantitative estimate of drug-likeness (QED) is 0.742. The zero-order valence-electron chi connectivity index (χ0n) is 10.4. The van der Waals surface area contributed by atoms with Gasteiger partial charge in [-0.2, -0.15) is 0 Å². The van der Waals surface area contributed by atoms with Crippen LogP contribution in [0.3, 0.4) is 0 Å². The molecule has 2 nitrogen and oxygen atoms in total. The molecule has 1 aromatic rings. The van der Waals surface area contributed by atoms with E-state index in [1.54, 1.807) is 18.4 Å². The molecule has 1 aliphatic carbocycles. The molecule has 0 radical (unpaired) electrons. The second-order valence-corrected chi connectivity index (χ2v) is 6.15. The molecule has 0 spiro atoms. The number of alkyl halides is 1. The highest BCUT2D eigenvalue weighted by molar-refractivity contribution is 7.12.